The molecular weight excluding hydrogens is 368 g/mol. The van der Waals surface area contributed by atoms with Crippen LogP contribution >= 0.6 is 0 Å². The number of amides is 2. The highest BCUT2D eigenvalue weighted by molar-refractivity contribution is 6.04. The van der Waals surface area contributed by atoms with Crippen molar-refractivity contribution in [2.45, 2.75) is 0 Å². The van der Waals surface area contributed by atoms with Crippen molar-refractivity contribution in [1.82, 2.24) is 25.1 Å². The third kappa shape index (κ3) is 3.96. The maximum Gasteiger partial charge on any atom is 0.254 e. The number of hydrogen-bond acceptors (Lipinski definition) is 5. The number of carbonyl (C=O) groups excluding carboxylic acids is 2. The largest absolute Gasteiger partial charge is 0.332 e. The molecule has 8 nitrogen and oxygen atoms in total. The highest BCUT2D eigenvalue weighted by Gasteiger charge is 2.16. The Morgan fingerprint density at radius 1 is 1.03 bits per heavy atom. The molecule has 0 radical (unpaired) electrons. The van der Waals surface area contributed by atoms with E-state index in [0.29, 0.717) is 11.3 Å². The predicted molar refractivity (Wildman–Crippen MR) is 109 cm³/mol. The molecule has 144 valence electrons. The Hall–Kier alpha value is -4.07. The number of nitrogens with zero attached hydrogens (tertiary/aromatic N) is 5. The standard InChI is InChI=1S/C21H18N6O2/c1-26(21(29)16-8-4-9-17(12-16)27-14-22-24-25-27)13-20(28)23-19-11-5-7-15-6-2-3-10-18(15)19/h2-12,14H,13H2,1H3,(H,23,28). The number of rotatable bonds is 5. The number of tetrazole rings is 1. The Morgan fingerprint density at radius 3 is 2.66 bits per heavy atom. The second-order valence-corrected chi connectivity index (χ2v) is 6.54. The lowest BCUT2D eigenvalue weighted by Gasteiger charge is -2.18. The van der Waals surface area contributed by atoms with Crippen molar-refractivity contribution in [2.24, 2.45) is 0 Å². The van der Waals surface area contributed by atoms with Gasteiger partial charge in [0.05, 0.1) is 12.2 Å². The van der Waals surface area contributed by atoms with E-state index in [-0.39, 0.29) is 18.4 Å². The first-order valence-corrected chi connectivity index (χ1v) is 8.98. The van der Waals surface area contributed by atoms with Crippen LogP contribution < -0.4 is 5.32 Å². The topological polar surface area (TPSA) is 93.0 Å². The molecule has 0 aliphatic carbocycles. The lowest BCUT2D eigenvalue weighted by atomic mass is 10.1. The van der Waals surface area contributed by atoms with Crippen molar-refractivity contribution in [3.05, 3.63) is 78.6 Å². The van der Waals surface area contributed by atoms with Crippen molar-refractivity contribution in [3.8, 4) is 5.69 Å². The van der Waals surface area contributed by atoms with Crippen LogP contribution in [0.1, 0.15) is 10.4 Å². The number of fused-ring (bicyclic) bond motifs is 1. The molecule has 0 aliphatic rings. The monoisotopic (exact) mass is 386 g/mol. The van der Waals surface area contributed by atoms with Crippen LogP contribution in [0.3, 0.4) is 0 Å². The molecule has 0 saturated carbocycles. The minimum absolute atomic E-state index is 0.0723. The fraction of sp³-hybridized carbons (Fsp3) is 0.0952. The fourth-order valence-corrected chi connectivity index (χ4v) is 3.09. The van der Waals surface area contributed by atoms with Gasteiger partial charge in [-0.25, -0.2) is 4.68 Å². The van der Waals surface area contributed by atoms with E-state index in [4.69, 9.17) is 0 Å². The van der Waals surface area contributed by atoms with Gasteiger partial charge >= 0.3 is 0 Å². The Morgan fingerprint density at radius 2 is 1.83 bits per heavy atom. The Labute approximate surface area is 166 Å². The average molecular weight is 386 g/mol. The highest BCUT2D eigenvalue weighted by Crippen LogP contribution is 2.22. The number of nitrogens with one attached hydrogen (secondary N) is 1. The first-order chi connectivity index (χ1) is 14.1. The molecule has 0 spiro atoms. The minimum Gasteiger partial charge on any atom is -0.332 e. The van der Waals surface area contributed by atoms with Gasteiger partial charge < -0.3 is 10.2 Å². The van der Waals surface area contributed by atoms with E-state index in [9.17, 15) is 9.59 Å². The summed E-state index contributed by atoms with van der Waals surface area (Å²) in [5.74, 6) is -0.540. The van der Waals surface area contributed by atoms with Crippen LogP contribution in [0.4, 0.5) is 5.69 Å². The van der Waals surface area contributed by atoms with E-state index in [1.165, 1.54) is 15.9 Å². The number of hydrogen-bond donors (Lipinski definition) is 1. The lowest BCUT2D eigenvalue weighted by molar-refractivity contribution is -0.116. The smallest absolute Gasteiger partial charge is 0.254 e. The van der Waals surface area contributed by atoms with Gasteiger partial charge in [-0.05, 0) is 40.1 Å². The number of anilines is 1. The normalized spacial score (nSPS) is 10.7. The lowest BCUT2D eigenvalue weighted by Crippen LogP contribution is -2.35. The van der Waals surface area contributed by atoms with E-state index in [2.05, 4.69) is 20.8 Å². The summed E-state index contributed by atoms with van der Waals surface area (Å²) in [5, 5.41) is 15.9. The van der Waals surface area contributed by atoms with Crippen LogP contribution in [0, 0.1) is 0 Å². The molecule has 1 heterocycles. The first-order valence-electron chi connectivity index (χ1n) is 8.98. The zero-order valence-corrected chi connectivity index (χ0v) is 15.7. The number of carbonyl (C=O) groups is 2. The van der Waals surface area contributed by atoms with Crippen molar-refractivity contribution >= 4 is 28.3 Å². The van der Waals surface area contributed by atoms with Gasteiger partial charge in [0, 0.05) is 23.7 Å². The van der Waals surface area contributed by atoms with E-state index in [1.54, 1.807) is 31.3 Å². The van der Waals surface area contributed by atoms with Crippen molar-refractivity contribution in [2.75, 3.05) is 18.9 Å². The van der Waals surface area contributed by atoms with Crippen molar-refractivity contribution in [3.63, 3.8) is 0 Å². The summed E-state index contributed by atoms with van der Waals surface area (Å²) in [7, 11) is 1.59. The molecule has 1 N–H and O–H groups in total. The Bertz CT molecular complexity index is 1170. The summed E-state index contributed by atoms with van der Waals surface area (Å²) in [6.45, 7) is -0.0723. The minimum atomic E-state index is -0.270. The van der Waals surface area contributed by atoms with Gasteiger partial charge in [-0.2, -0.15) is 0 Å². The van der Waals surface area contributed by atoms with Crippen LogP contribution in [0.2, 0.25) is 0 Å². The first kappa shape index (κ1) is 18.3. The van der Waals surface area contributed by atoms with Gasteiger partial charge in [0.1, 0.15) is 6.33 Å². The van der Waals surface area contributed by atoms with Crippen LogP contribution in [0.5, 0.6) is 0 Å². The number of benzene rings is 3. The van der Waals surface area contributed by atoms with Crippen LogP contribution in [0.25, 0.3) is 16.5 Å². The molecule has 0 saturated heterocycles. The Kier molecular flexibility index (Phi) is 4.98. The zero-order valence-electron chi connectivity index (χ0n) is 15.7. The molecule has 4 rings (SSSR count). The maximum absolute atomic E-state index is 12.8. The SMILES string of the molecule is CN(CC(=O)Nc1cccc2ccccc12)C(=O)c1cccc(-n2cnnn2)c1. The molecule has 0 bridgehead atoms. The second-order valence-electron chi connectivity index (χ2n) is 6.54. The summed E-state index contributed by atoms with van der Waals surface area (Å²) in [6, 6.07) is 20.4. The van der Waals surface area contributed by atoms with E-state index in [1.807, 2.05) is 42.5 Å². The van der Waals surface area contributed by atoms with E-state index >= 15 is 0 Å². The van der Waals surface area contributed by atoms with Gasteiger partial charge in [-0.3, -0.25) is 9.59 Å². The predicted octanol–water partition coefficient (Wildman–Crippen LogP) is 2.53. The number of aromatic nitrogens is 4. The Balaban J connectivity index is 1.46. The third-order valence-corrected chi connectivity index (χ3v) is 4.50. The molecule has 0 atom stereocenters. The maximum atomic E-state index is 12.8. The van der Waals surface area contributed by atoms with Gasteiger partial charge in [0.25, 0.3) is 5.91 Å². The van der Waals surface area contributed by atoms with Gasteiger partial charge in [-0.1, -0.05) is 42.5 Å². The van der Waals surface area contributed by atoms with E-state index in [0.717, 1.165) is 16.5 Å². The fourth-order valence-electron chi connectivity index (χ4n) is 3.09. The summed E-state index contributed by atoms with van der Waals surface area (Å²) < 4.78 is 1.46. The molecule has 0 fully saturated rings. The highest BCUT2D eigenvalue weighted by atomic mass is 16.2. The molecule has 0 unspecified atom stereocenters. The van der Waals surface area contributed by atoms with Gasteiger partial charge in [0.15, 0.2) is 0 Å². The molecule has 4 aromatic rings. The molecule has 8 heteroatoms. The summed E-state index contributed by atoms with van der Waals surface area (Å²) >= 11 is 0. The van der Waals surface area contributed by atoms with Gasteiger partial charge in [0.2, 0.25) is 5.91 Å². The zero-order chi connectivity index (χ0) is 20.2. The summed E-state index contributed by atoms with van der Waals surface area (Å²) in [5.41, 5.74) is 1.82. The molecular formula is C21H18N6O2. The van der Waals surface area contributed by atoms with Crippen LogP contribution in [-0.4, -0.2) is 50.5 Å². The quantitative estimate of drug-likeness (QED) is 0.569. The molecule has 3 aromatic carbocycles. The number of likely N-dealkylation sites (N-methyl/N-ethyl adjacent to an activating group) is 1. The summed E-state index contributed by atoms with van der Waals surface area (Å²) in [4.78, 5) is 26.6. The van der Waals surface area contributed by atoms with Crippen molar-refractivity contribution in [1.29, 1.82) is 0 Å². The van der Waals surface area contributed by atoms with Crippen LogP contribution in [0.15, 0.2) is 73.1 Å². The third-order valence-electron chi connectivity index (χ3n) is 4.50. The average Bonchev–Trinajstić information content (AvgIpc) is 3.28. The van der Waals surface area contributed by atoms with E-state index < -0.39 is 0 Å². The van der Waals surface area contributed by atoms with Crippen LogP contribution in [-0.2, 0) is 4.79 Å². The second kappa shape index (κ2) is 7.89. The summed E-state index contributed by atoms with van der Waals surface area (Å²) in [6.07, 6.45) is 1.45. The van der Waals surface area contributed by atoms with Gasteiger partial charge in [-0.15, -0.1) is 5.10 Å². The molecule has 29 heavy (non-hydrogen) atoms. The molecule has 0 aliphatic heterocycles. The van der Waals surface area contributed by atoms with Crippen molar-refractivity contribution < 1.29 is 9.59 Å². The molecule has 1 aromatic heterocycles. The molecule has 2 amide bonds.